The smallest absolute Gasteiger partial charge is 0.112 e. The topological polar surface area (TPSA) is 29.9 Å². The third-order valence-electron chi connectivity index (χ3n) is 6.43. The van der Waals surface area contributed by atoms with Crippen LogP contribution in [0.1, 0.15) is 81.5 Å². The predicted molar refractivity (Wildman–Crippen MR) is 85.4 cm³/mol. The summed E-state index contributed by atoms with van der Waals surface area (Å²) in [5.74, 6) is 3.86. The van der Waals surface area contributed by atoms with E-state index in [1.807, 2.05) is 0 Å². The monoisotopic (exact) mass is 287 g/mol. The number of nitrogens with zero attached hydrogens (tertiary/aromatic N) is 2. The molecule has 2 aliphatic carbocycles. The number of hydrogen-bond acceptors (Lipinski definition) is 2. The summed E-state index contributed by atoms with van der Waals surface area (Å²) in [6, 6.07) is 0.713. The first-order valence-electron chi connectivity index (χ1n) is 9.06. The van der Waals surface area contributed by atoms with Crippen molar-refractivity contribution in [2.75, 3.05) is 6.54 Å². The number of nitrogens with one attached hydrogen (secondary N) is 1. The fraction of sp³-hybridized carbons (Fsp3) is 0.833. The van der Waals surface area contributed by atoms with Crippen LogP contribution in [-0.2, 0) is 13.0 Å². The Balaban J connectivity index is 1.77. The highest BCUT2D eigenvalue weighted by atomic mass is 15.2. The van der Waals surface area contributed by atoms with Crippen molar-refractivity contribution >= 4 is 0 Å². The first-order chi connectivity index (χ1) is 10.3. The lowest BCUT2D eigenvalue weighted by atomic mass is 9.96. The van der Waals surface area contributed by atoms with Gasteiger partial charge in [0.15, 0.2) is 0 Å². The molecule has 1 aromatic rings. The van der Waals surface area contributed by atoms with Gasteiger partial charge in [-0.25, -0.2) is 4.98 Å². The molecular weight excluding hydrogens is 258 g/mol. The average Bonchev–Trinajstić information content (AvgIpc) is 3.19. The molecule has 0 bridgehead atoms. The van der Waals surface area contributed by atoms with Crippen molar-refractivity contribution in [3.8, 4) is 0 Å². The summed E-state index contributed by atoms with van der Waals surface area (Å²) in [6.45, 7) is 7.01. The van der Waals surface area contributed by atoms with Crippen LogP contribution in [0.4, 0.5) is 0 Å². The zero-order chi connectivity index (χ0) is 14.4. The van der Waals surface area contributed by atoms with Crippen LogP contribution < -0.4 is 5.32 Å². The van der Waals surface area contributed by atoms with Crippen LogP contribution in [0.3, 0.4) is 0 Å². The Labute approximate surface area is 128 Å². The summed E-state index contributed by atoms with van der Waals surface area (Å²) in [5, 5.41) is 3.51. The van der Waals surface area contributed by atoms with Crippen molar-refractivity contribution < 1.29 is 0 Å². The second-order valence-electron chi connectivity index (χ2n) is 7.62. The quantitative estimate of drug-likeness (QED) is 0.897. The normalized spacial score (nSPS) is 33.5. The van der Waals surface area contributed by atoms with Crippen LogP contribution >= 0.6 is 0 Å². The molecule has 2 heterocycles. The van der Waals surface area contributed by atoms with Crippen molar-refractivity contribution in [1.29, 1.82) is 0 Å². The van der Waals surface area contributed by atoms with E-state index in [1.165, 1.54) is 56.5 Å². The minimum atomic E-state index is 0.713. The van der Waals surface area contributed by atoms with Crippen molar-refractivity contribution in [1.82, 2.24) is 14.9 Å². The van der Waals surface area contributed by atoms with Crippen molar-refractivity contribution in [3.63, 3.8) is 0 Å². The summed E-state index contributed by atoms with van der Waals surface area (Å²) in [4.78, 5) is 5.14. The predicted octanol–water partition coefficient (Wildman–Crippen LogP) is 3.79. The van der Waals surface area contributed by atoms with Gasteiger partial charge >= 0.3 is 0 Å². The van der Waals surface area contributed by atoms with Gasteiger partial charge in [-0.2, -0.15) is 0 Å². The first kappa shape index (κ1) is 13.8. The third-order valence-corrected chi connectivity index (χ3v) is 6.43. The number of rotatable bonds is 2. The molecule has 0 aromatic carbocycles. The van der Waals surface area contributed by atoms with E-state index in [1.54, 1.807) is 5.69 Å². The van der Waals surface area contributed by atoms with Gasteiger partial charge in [0.2, 0.25) is 0 Å². The molecule has 21 heavy (non-hydrogen) atoms. The molecule has 2 fully saturated rings. The lowest BCUT2D eigenvalue weighted by molar-refractivity contribution is 0.333. The molecule has 2 saturated carbocycles. The molecule has 0 amide bonds. The zero-order valence-corrected chi connectivity index (χ0v) is 13.6. The van der Waals surface area contributed by atoms with Gasteiger partial charge in [0.1, 0.15) is 5.82 Å². The summed E-state index contributed by atoms with van der Waals surface area (Å²) in [7, 11) is 0. The molecule has 3 unspecified atom stereocenters. The van der Waals surface area contributed by atoms with E-state index >= 15 is 0 Å². The van der Waals surface area contributed by atoms with Gasteiger partial charge in [0.25, 0.3) is 0 Å². The molecular formula is C18H29N3. The van der Waals surface area contributed by atoms with E-state index in [9.17, 15) is 0 Å². The minimum absolute atomic E-state index is 0.713. The Morgan fingerprint density at radius 3 is 2.62 bits per heavy atom. The summed E-state index contributed by atoms with van der Waals surface area (Å²) in [5.41, 5.74) is 2.93. The molecule has 0 radical (unpaired) electrons. The Hall–Kier alpha value is -0.830. The molecule has 4 rings (SSSR count). The number of aromatic nitrogens is 2. The van der Waals surface area contributed by atoms with Gasteiger partial charge in [-0.3, -0.25) is 0 Å². The Kier molecular flexibility index (Phi) is 3.56. The summed E-state index contributed by atoms with van der Waals surface area (Å²) < 4.78 is 2.74. The number of hydrogen-bond donors (Lipinski definition) is 1. The second-order valence-corrected chi connectivity index (χ2v) is 7.62. The molecule has 1 aliphatic heterocycles. The summed E-state index contributed by atoms with van der Waals surface area (Å²) in [6.07, 6.45) is 9.44. The van der Waals surface area contributed by atoms with Gasteiger partial charge < -0.3 is 9.88 Å². The van der Waals surface area contributed by atoms with E-state index in [4.69, 9.17) is 4.98 Å². The molecule has 3 heteroatoms. The number of fused-ring (bicyclic) bond motifs is 1. The fourth-order valence-corrected chi connectivity index (χ4v) is 4.90. The highest BCUT2D eigenvalue weighted by Crippen LogP contribution is 2.44. The molecule has 1 N–H and O–H groups in total. The van der Waals surface area contributed by atoms with Crippen LogP contribution in [0.5, 0.6) is 0 Å². The molecule has 3 nitrogen and oxygen atoms in total. The Bertz CT molecular complexity index is 513. The van der Waals surface area contributed by atoms with Crippen LogP contribution in [0.25, 0.3) is 0 Å². The van der Waals surface area contributed by atoms with Crippen molar-refractivity contribution in [3.05, 3.63) is 17.2 Å². The second kappa shape index (κ2) is 5.42. The molecule has 1 aromatic heterocycles. The first-order valence-corrected chi connectivity index (χ1v) is 9.06. The van der Waals surface area contributed by atoms with E-state index in [0.29, 0.717) is 6.04 Å². The SMILES string of the molecule is CC1CCC(n2c(C3CCCC3)nc3c2CCNC3)C1C. The Morgan fingerprint density at radius 1 is 1.10 bits per heavy atom. The van der Waals surface area contributed by atoms with Gasteiger partial charge in [-0.1, -0.05) is 26.7 Å². The number of imidazole rings is 1. The third kappa shape index (κ3) is 2.25. The van der Waals surface area contributed by atoms with Crippen LogP contribution in [0.2, 0.25) is 0 Å². The lowest BCUT2D eigenvalue weighted by Gasteiger charge is -2.27. The maximum absolute atomic E-state index is 5.14. The molecule has 3 aliphatic rings. The van der Waals surface area contributed by atoms with E-state index < -0.39 is 0 Å². The van der Waals surface area contributed by atoms with Gasteiger partial charge in [-0.05, 0) is 37.5 Å². The lowest BCUT2D eigenvalue weighted by Crippen LogP contribution is -2.27. The van der Waals surface area contributed by atoms with E-state index in [0.717, 1.165) is 30.8 Å². The molecule has 3 atom stereocenters. The van der Waals surface area contributed by atoms with E-state index in [-0.39, 0.29) is 0 Å². The standard InChI is InChI=1S/C18H29N3/c1-12-7-8-16(13(12)2)21-17-9-10-19-11-15(17)20-18(21)14-5-3-4-6-14/h12-14,16,19H,3-11H2,1-2H3. The average molecular weight is 287 g/mol. The van der Waals surface area contributed by atoms with Crippen molar-refractivity contribution in [2.45, 2.75) is 77.3 Å². The molecule has 0 spiro atoms. The maximum atomic E-state index is 5.14. The highest BCUT2D eigenvalue weighted by Gasteiger charge is 2.36. The van der Waals surface area contributed by atoms with Gasteiger partial charge in [-0.15, -0.1) is 0 Å². The minimum Gasteiger partial charge on any atom is -0.328 e. The maximum Gasteiger partial charge on any atom is 0.112 e. The zero-order valence-electron chi connectivity index (χ0n) is 13.6. The van der Waals surface area contributed by atoms with Crippen LogP contribution in [0.15, 0.2) is 0 Å². The Morgan fingerprint density at radius 2 is 1.90 bits per heavy atom. The van der Waals surface area contributed by atoms with Crippen molar-refractivity contribution in [2.24, 2.45) is 11.8 Å². The molecule has 0 saturated heterocycles. The van der Waals surface area contributed by atoms with Gasteiger partial charge in [0.05, 0.1) is 5.69 Å². The van der Waals surface area contributed by atoms with Crippen LogP contribution in [-0.4, -0.2) is 16.1 Å². The molecule has 116 valence electrons. The van der Waals surface area contributed by atoms with E-state index in [2.05, 4.69) is 23.7 Å². The van der Waals surface area contributed by atoms with Gasteiger partial charge in [0, 0.05) is 37.2 Å². The largest absolute Gasteiger partial charge is 0.328 e. The fourth-order valence-electron chi connectivity index (χ4n) is 4.90. The highest BCUT2D eigenvalue weighted by molar-refractivity contribution is 5.24. The van der Waals surface area contributed by atoms with Crippen LogP contribution in [0, 0.1) is 11.8 Å². The summed E-state index contributed by atoms with van der Waals surface area (Å²) >= 11 is 0.